The molecule has 0 aliphatic rings. The molecule has 0 spiro atoms. The van der Waals surface area contributed by atoms with Gasteiger partial charge in [0.1, 0.15) is 0 Å². The molecule has 1 N–H and O–H groups in total. The van der Waals surface area contributed by atoms with Gasteiger partial charge < -0.3 is 4.72 Å². The van der Waals surface area contributed by atoms with Gasteiger partial charge in [-0.3, -0.25) is 0 Å². The van der Waals surface area contributed by atoms with Crippen molar-refractivity contribution in [2.24, 2.45) is 0 Å². The predicted molar refractivity (Wildman–Crippen MR) is 78.5 cm³/mol. The van der Waals surface area contributed by atoms with E-state index >= 15 is 0 Å². The summed E-state index contributed by atoms with van der Waals surface area (Å²) in [6, 6.07) is 15.2. The highest BCUT2D eigenvalue weighted by molar-refractivity contribution is 7.99. The Kier molecular flexibility index (Phi) is 3.75. The van der Waals surface area contributed by atoms with Crippen molar-refractivity contribution in [3.8, 4) is 11.1 Å². The molecule has 0 aliphatic heterocycles. The fraction of sp³-hybridized carbons (Fsp3) is 0.200. The molecule has 0 fully saturated rings. The van der Waals surface area contributed by atoms with E-state index in [-0.39, 0.29) is 0 Å². The van der Waals surface area contributed by atoms with Crippen LogP contribution in [0.4, 0.5) is 5.69 Å². The lowest BCUT2D eigenvalue weighted by molar-refractivity contribution is 1.43. The highest BCUT2D eigenvalue weighted by Gasteiger charge is 2.02. The third-order valence-electron chi connectivity index (χ3n) is 2.81. The Bertz CT molecular complexity index is 503. The maximum Gasteiger partial charge on any atom is 0.0443 e. The fourth-order valence-electron chi connectivity index (χ4n) is 1.90. The summed E-state index contributed by atoms with van der Waals surface area (Å²) >= 11 is 1.62. The molecular weight excluding hydrogens is 226 g/mol. The third-order valence-corrected chi connectivity index (χ3v) is 3.25. The van der Waals surface area contributed by atoms with Crippen molar-refractivity contribution in [3.05, 3.63) is 53.6 Å². The van der Waals surface area contributed by atoms with E-state index in [1.807, 2.05) is 6.26 Å². The van der Waals surface area contributed by atoms with Crippen LogP contribution in [0.5, 0.6) is 0 Å². The monoisotopic (exact) mass is 243 g/mol. The Balaban J connectivity index is 2.36. The largest absolute Gasteiger partial charge is 0.330 e. The number of hydrogen-bond acceptors (Lipinski definition) is 2. The molecule has 17 heavy (non-hydrogen) atoms. The van der Waals surface area contributed by atoms with Crippen molar-refractivity contribution >= 4 is 17.6 Å². The van der Waals surface area contributed by atoms with Crippen LogP contribution in [0.1, 0.15) is 11.1 Å². The summed E-state index contributed by atoms with van der Waals surface area (Å²) in [5, 5.41) is 0. The minimum absolute atomic E-state index is 1.16. The highest BCUT2D eigenvalue weighted by Crippen LogP contribution is 2.26. The summed E-state index contributed by atoms with van der Waals surface area (Å²) in [4.78, 5) is 0. The first-order valence-electron chi connectivity index (χ1n) is 5.67. The number of rotatable bonds is 3. The summed E-state index contributed by atoms with van der Waals surface area (Å²) < 4.78 is 3.25. The molecule has 0 bridgehead atoms. The molecule has 0 heterocycles. The topological polar surface area (TPSA) is 12.0 Å². The predicted octanol–water partition coefficient (Wildman–Crippen LogP) is 4.66. The number of anilines is 1. The highest BCUT2D eigenvalue weighted by atomic mass is 32.2. The maximum absolute atomic E-state index is 3.25. The molecule has 1 nitrogen and oxygen atoms in total. The van der Waals surface area contributed by atoms with E-state index in [9.17, 15) is 0 Å². The van der Waals surface area contributed by atoms with Gasteiger partial charge in [-0.2, -0.15) is 0 Å². The molecular formula is C15H17NS. The quantitative estimate of drug-likeness (QED) is 0.787. The number of aryl methyl sites for hydroxylation is 2. The molecule has 2 aromatic rings. The third kappa shape index (κ3) is 2.83. The van der Waals surface area contributed by atoms with E-state index < -0.39 is 0 Å². The second-order valence-corrected chi connectivity index (χ2v) is 4.81. The SMILES string of the molecule is CSNc1ccc(-c2ccc(C)cc2)c(C)c1. The van der Waals surface area contributed by atoms with Crippen molar-refractivity contribution in [2.45, 2.75) is 13.8 Å². The Labute approximate surface area is 107 Å². The molecule has 0 amide bonds. The van der Waals surface area contributed by atoms with Crippen LogP contribution in [-0.4, -0.2) is 6.26 Å². The van der Waals surface area contributed by atoms with Gasteiger partial charge in [-0.15, -0.1) is 0 Å². The molecule has 88 valence electrons. The van der Waals surface area contributed by atoms with Crippen molar-refractivity contribution in [1.29, 1.82) is 0 Å². The van der Waals surface area contributed by atoms with E-state index in [1.165, 1.54) is 22.3 Å². The van der Waals surface area contributed by atoms with Gasteiger partial charge in [0, 0.05) is 11.9 Å². The lowest BCUT2D eigenvalue weighted by Gasteiger charge is -2.09. The smallest absolute Gasteiger partial charge is 0.0443 e. The second-order valence-electron chi connectivity index (χ2n) is 4.20. The Morgan fingerprint density at radius 1 is 0.941 bits per heavy atom. The van der Waals surface area contributed by atoms with Crippen LogP contribution < -0.4 is 4.72 Å². The van der Waals surface area contributed by atoms with Gasteiger partial charge in [-0.1, -0.05) is 47.8 Å². The fourth-order valence-corrected chi connectivity index (χ4v) is 2.26. The summed E-state index contributed by atoms with van der Waals surface area (Å²) in [6.45, 7) is 4.27. The van der Waals surface area contributed by atoms with Crippen molar-refractivity contribution in [3.63, 3.8) is 0 Å². The van der Waals surface area contributed by atoms with Crippen molar-refractivity contribution < 1.29 is 0 Å². The van der Waals surface area contributed by atoms with Gasteiger partial charge in [0.15, 0.2) is 0 Å². The molecule has 2 heteroatoms. The number of nitrogens with one attached hydrogen (secondary N) is 1. The normalized spacial score (nSPS) is 10.3. The van der Waals surface area contributed by atoms with Gasteiger partial charge in [-0.05, 0) is 42.7 Å². The zero-order chi connectivity index (χ0) is 12.3. The minimum atomic E-state index is 1.16. The lowest BCUT2D eigenvalue weighted by atomic mass is 9.99. The summed E-state index contributed by atoms with van der Waals surface area (Å²) in [5.41, 5.74) is 6.34. The molecule has 0 radical (unpaired) electrons. The first-order chi connectivity index (χ1) is 8.20. The van der Waals surface area contributed by atoms with Crippen molar-refractivity contribution in [2.75, 3.05) is 11.0 Å². The van der Waals surface area contributed by atoms with E-state index in [2.05, 4.69) is 61.0 Å². The van der Waals surface area contributed by atoms with Crippen LogP contribution in [0.3, 0.4) is 0 Å². The average Bonchev–Trinajstić information content (AvgIpc) is 2.31. The number of hydrogen-bond donors (Lipinski definition) is 1. The van der Waals surface area contributed by atoms with Crippen LogP contribution in [0.25, 0.3) is 11.1 Å². The van der Waals surface area contributed by atoms with Crippen LogP contribution in [0.15, 0.2) is 42.5 Å². The van der Waals surface area contributed by atoms with Crippen LogP contribution in [-0.2, 0) is 0 Å². The molecule has 0 saturated carbocycles. The Morgan fingerprint density at radius 2 is 1.65 bits per heavy atom. The molecule has 2 aromatic carbocycles. The zero-order valence-corrected chi connectivity index (χ0v) is 11.3. The second kappa shape index (κ2) is 5.28. The summed E-state index contributed by atoms with van der Waals surface area (Å²) in [5.74, 6) is 0. The molecule has 0 saturated heterocycles. The van der Waals surface area contributed by atoms with Gasteiger partial charge in [0.05, 0.1) is 0 Å². The van der Waals surface area contributed by atoms with Crippen LogP contribution in [0, 0.1) is 13.8 Å². The van der Waals surface area contributed by atoms with Crippen molar-refractivity contribution in [1.82, 2.24) is 0 Å². The summed E-state index contributed by atoms with van der Waals surface area (Å²) in [7, 11) is 0. The molecule has 2 rings (SSSR count). The lowest BCUT2D eigenvalue weighted by Crippen LogP contribution is -1.88. The minimum Gasteiger partial charge on any atom is -0.330 e. The van der Waals surface area contributed by atoms with E-state index in [1.54, 1.807) is 11.9 Å². The van der Waals surface area contributed by atoms with E-state index in [4.69, 9.17) is 0 Å². The maximum atomic E-state index is 3.25. The first kappa shape index (κ1) is 12.1. The first-order valence-corrected chi connectivity index (χ1v) is 6.90. The van der Waals surface area contributed by atoms with Gasteiger partial charge >= 0.3 is 0 Å². The Morgan fingerprint density at radius 3 is 2.24 bits per heavy atom. The molecule has 0 aromatic heterocycles. The van der Waals surface area contributed by atoms with Crippen LogP contribution in [0.2, 0.25) is 0 Å². The van der Waals surface area contributed by atoms with Crippen LogP contribution >= 0.6 is 11.9 Å². The zero-order valence-electron chi connectivity index (χ0n) is 10.4. The molecule has 0 unspecified atom stereocenters. The van der Waals surface area contributed by atoms with E-state index in [0.29, 0.717) is 0 Å². The van der Waals surface area contributed by atoms with Gasteiger partial charge in [-0.25, -0.2) is 0 Å². The van der Waals surface area contributed by atoms with Gasteiger partial charge in [0.25, 0.3) is 0 Å². The molecule has 0 atom stereocenters. The van der Waals surface area contributed by atoms with Gasteiger partial charge in [0.2, 0.25) is 0 Å². The summed E-state index contributed by atoms with van der Waals surface area (Å²) in [6.07, 6.45) is 2.03. The van der Waals surface area contributed by atoms with E-state index in [0.717, 1.165) is 5.69 Å². The number of benzene rings is 2. The average molecular weight is 243 g/mol. The standard InChI is InChI=1S/C15H17NS/c1-11-4-6-13(7-5-11)15-9-8-14(16-17-3)10-12(15)2/h4-10,16H,1-3H3. The Hall–Kier alpha value is -1.41. The molecule has 0 aliphatic carbocycles.